The fourth-order valence-corrected chi connectivity index (χ4v) is 6.28. The van der Waals surface area contributed by atoms with Crippen LogP contribution in [0.5, 0.6) is 0 Å². The molecule has 0 bridgehead atoms. The summed E-state index contributed by atoms with van der Waals surface area (Å²) in [7, 11) is -1.93. The molecule has 0 spiro atoms. The van der Waals surface area contributed by atoms with Gasteiger partial charge >= 0.3 is 163 Å². The van der Waals surface area contributed by atoms with Crippen LogP contribution in [0.1, 0.15) is 39.0 Å². The molecule has 9 heteroatoms. The van der Waals surface area contributed by atoms with E-state index in [1.54, 1.807) is 13.1 Å². The normalized spacial score (nSPS) is 24.7. The van der Waals surface area contributed by atoms with Crippen molar-refractivity contribution in [2.24, 2.45) is 0 Å². The van der Waals surface area contributed by atoms with Crippen molar-refractivity contribution < 1.29 is 9.16 Å². The van der Waals surface area contributed by atoms with Crippen molar-refractivity contribution >= 4 is 35.6 Å². The molecule has 25 heavy (non-hydrogen) atoms. The molecule has 1 aliphatic heterocycles. The van der Waals surface area contributed by atoms with Crippen LogP contribution < -0.4 is 11.2 Å². The molecule has 0 unspecified atom stereocenters. The van der Waals surface area contributed by atoms with Crippen molar-refractivity contribution in [3.05, 3.63) is 32.6 Å². The number of rotatable bonds is 5. The second-order valence-electron chi connectivity index (χ2n) is 8.04. The molecule has 2 rings (SSSR count). The zero-order valence-corrected chi connectivity index (χ0v) is 20.0. The summed E-state index contributed by atoms with van der Waals surface area (Å²) in [5.74, 6) is 0. The Morgan fingerprint density at radius 1 is 1.44 bits per heavy atom. The molecule has 1 aromatic rings. The summed E-state index contributed by atoms with van der Waals surface area (Å²) in [5.41, 5.74) is -0.279. The van der Waals surface area contributed by atoms with Gasteiger partial charge in [0.15, 0.2) is 0 Å². The van der Waals surface area contributed by atoms with Crippen molar-refractivity contribution in [2.75, 3.05) is 0 Å². The van der Waals surface area contributed by atoms with E-state index in [0.29, 0.717) is 25.1 Å². The van der Waals surface area contributed by atoms with Gasteiger partial charge in [0.2, 0.25) is 0 Å². The van der Waals surface area contributed by atoms with Gasteiger partial charge in [0.25, 0.3) is 0 Å². The third kappa shape index (κ3) is 4.77. The van der Waals surface area contributed by atoms with E-state index >= 15 is 0 Å². The molecule has 1 aliphatic rings. The van der Waals surface area contributed by atoms with Gasteiger partial charge in [0, 0.05) is 0 Å². The zero-order valence-electron chi connectivity index (χ0n) is 15.6. The van der Waals surface area contributed by atoms with Crippen molar-refractivity contribution in [2.45, 2.75) is 76.0 Å². The predicted octanol–water partition coefficient (Wildman–Crippen LogP) is 1.73. The Balaban J connectivity index is 2.27. The molecule has 2 heterocycles. The molecule has 141 valence electrons. The Morgan fingerprint density at radius 3 is 2.64 bits per heavy atom. The van der Waals surface area contributed by atoms with Gasteiger partial charge in [-0.1, -0.05) is 0 Å². The first kappa shape index (κ1) is 21.2. The maximum absolute atomic E-state index is 12.2. The van der Waals surface area contributed by atoms with Crippen LogP contribution in [0.15, 0.2) is 15.8 Å². The number of H-pyrrole nitrogens is 1. The summed E-state index contributed by atoms with van der Waals surface area (Å²) >= 11 is 3.42. The number of hydrogen-bond donors (Lipinski definition) is 1. The Hall–Kier alpha value is -0.144. The zero-order chi connectivity index (χ0) is 19.0. The standard InChI is InChI=1S/C16H27N2O4Se2Si/c1-10-8-18(15(20)17-14(10)19)13-7-11(12(21-13)9-24-23)22-25(5,6)16(2,3)4/h8,11-13H,7,9H2,1-6H3,(H,17,19,20)/t11-,12+,13+/m0/s1. The molecule has 6 nitrogen and oxygen atoms in total. The van der Waals surface area contributed by atoms with Crippen molar-refractivity contribution in [1.29, 1.82) is 0 Å². The summed E-state index contributed by atoms with van der Waals surface area (Å²) < 4.78 is 14.3. The number of hydrogen-bond acceptors (Lipinski definition) is 4. The van der Waals surface area contributed by atoms with Crippen LogP contribution in [0.2, 0.25) is 23.5 Å². The summed E-state index contributed by atoms with van der Waals surface area (Å²) in [4.78, 5) is 26.1. The molecule has 0 amide bonds. The Morgan fingerprint density at radius 2 is 2.08 bits per heavy atom. The van der Waals surface area contributed by atoms with Gasteiger partial charge < -0.3 is 0 Å². The van der Waals surface area contributed by atoms with Gasteiger partial charge in [-0.3, -0.25) is 0 Å². The van der Waals surface area contributed by atoms with Gasteiger partial charge in [0.05, 0.1) is 0 Å². The first-order valence-electron chi connectivity index (χ1n) is 8.36. The van der Waals surface area contributed by atoms with Crippen LogP contribution in [0, 0.1) is 6.92 Å². The van der Waals surface area contributed by atoms with Crippen molar-refractivity contribution in [1.82, 2.24) is 9.55 Å². The Bertz CT molecular complexity index is 726. The van der Waals surface area contributed by atoms with Crippen LogP contribution in [0.3, 0.4) is 0 Å². The molecule has 1 aromatic heterocycles. The van der Waals surface area contributed by atoms with E-state index in [-0.39, 0.29) is 22.8 Å². The van der Waals surface area contributed by atoms with E-state index in [2.05, 4.69) is 53.0 Å². The first-order valence-corrected chi connectivity index (χ1v) is 16.8. The van der Waals surface area contributed by atoms with E-state index in [0.717, 1.165) is 5.32 Å². The second kappa shape index (κ2) is 7.85. The average molecular weight is 497 g/mol. The Labute approximate surface area is 162 Å². The average Bonchev–Trinajstić information content (AvgIpc) is 2.84. The first-order chi connectivity index (χ1) is 11.5. The fraction of sp³-hybridized carbons (Fsp3) is 0.750. The SMILES string of the molecule is Cc1cn([C@H]2C[C@H](O[Si](C)(C)C(C)(C)C)[C@@H](C[Se][Se])O2)c(=O)[nH]c1=O. The van der Waals surface area contributed by atoms with E-state index in [1.165, 1.54) is 4.57 Å². The van der Waals surface area contributed by atoms with Gasteiger partial charge in [-0.2, -0.15) is 0 Å². The van der Waals surface area contributed by atoms with Crippen LogP contribution >= 0.6 is 0 Å². The number of nitrogens with zero attached hydrogens (tertiary/aromatic N) is 1. The summed E-state index contributed by atoms with van der Waals surface area (Å²) in [6.45, 7) is 12.8. The number of nitrogens with one attached hydrogen (secondary N) is 1. The topological polar surface area (TPSA) is 73.3 Å². The monoisotopic (exact) mass is 499 g/mol. The fourth-order valence-electron chi connectivity index (χ4n) is 2.57. The number of ether oxygens (including phenoxy) is 1. The van der Waals surface area contributed by atoms with Crippen molar-refractivity contribution in [3.8, 4) is 0 Å². The van der Waals surface area contributed by atoms with Gasteiger partial charge in [-0.25, -0.2) is 0 Å². The van der Waals surface area contributed by atoms with Crippen LogP contribution in [0.4, 0.5) is 0 Å². The summed E-state index contributed by atoms with van der Waals surface area (Å²) in [6.07, 6.45) is 1.75. The van der Waals surface area contributed by atoms with Crippen LogP contribution in [-0.2, 0) is 9.16 Å². The third-order valence-corrected chi connectivity index (χ3v) is 12.1. The molecular formula is C16H27N2O4Se2Si. The maximum atomic E-state index is 12.2. The molecule has 0 aromatic carbocycles. The predicted molar refractivity (Wildman–Crippen MR) is 103 cm³/mol. The van der Waals surface area contributed by atoms with Gasteiger partial charge in [0.1, 0.15) is 0 Å². The third-order valence-electron chi connectivity index (χ3n) is 5.12. The molecule has 3 atom stereocenters. The minimum atomic E-state index is -1.93. The Kier molecular flexibility index (Phi) is 6.64. The van der Waals surface area contributed by atoms with E-state index < -0.39 is 20.2 Å². The van der Waals surface area contributed by atoms with Crippen LogP contribution in [-0.4, -0.2) is 57.4 Å². The minimum absolute atomic E-state index is 0.0275. The quantitative estimate of drug-likeness (QED) is 0.630. The van der Waals surface area contributed by atoms with Gasteiger partial charge in [-0.15, -0.1) is 0 Å². The number of aryl methyl sites for hydroxylation is 1. The number of aromatic nitrogens is 2. The molecule has 1 radical (unpaired) electrons. The van der Waals surface area contributed by atoms with E-state index in [1.807, 2.05) is 0 Å². The molecule has 1 N–H and O–H groups in total. The second-order valence-corrected chi connectivity index (χ2v) is 16.6. The van der Waals surface area contributed by atoms with Crippen LogP contribution in [0.25, 0.3) is 0 Å². The van der Waals surface area contributed by atoms with E-state index in [9.17, 15) is 9.59 Å². The molecule has 1 saturated heterocycles. The number of aromatic amines is 1. The molecule has 1 fully saturated rings. The van der Waals surface area contributed by atoms with E-state index in [4.69, 9.17) is 9.16 Å². The summed E-state index contributed by atoms with van der Waals surface area (Å²) in [5, 5.41) is 1.02. The van der Waals surface area contributed by atoms with Gasteiger partial charge in [-0.05, 0) is 0 Å². The molecular weight excluding hydrogens is 470 g/mol. The van der Waals surface area contributed by atoms with Crippen molar-refractivity contribution in [3.63, 3.8) is 0 Å². The molecule has 0 saturated carbocycles. The summed E-state index contributed by atoms with van der Waals surface area (Å²) in [6, 6.07) is 0. The molecule has 0 aliphatic carbocycles.